The van der Waals surface area contributed by atoms with Crippen molar-refractivity contribution in [1.82, 2.24) is 15.5 Å². The minimum Gasteiger partial charge on any atom is -0.316 e. The van der Waals surface area contributed by atoms with Crippen molar-refractivity contribution in [3.05, 3.63) is 17.0 Å². The normalized spacial score (nSPS) is 12.1. The van der Waals surface area contributed by atoms with Crippen LogP contribution in [-0.4, -0.2) is 17.2 Å². The number of aryl methyl sites for hydroxylation is 1. The third-order valence-corrected chi connectivity index (χ3v) is 1.93. The lowest BCUT2D eigenvalue weighted by atomic mass is 10.1. The molecule has 0 unspecified atom stereocenters. The number of halogens is 3. The van der Waals surface area contributed by atoms with Crippen LogP contribution in [0.15, 0.2) is 0 Å². The van der Waals surface area contributed by atoms with E-state index in [1.807, 2.05) is 0 Å². The van der Waals surface area contributed by atoms with Crippen molar-refractivity contribution in [2.45, 2.75) is 26.1 Å². The lowest BCUT2D eigenvalue weighted by Gasteiger charge is -2.06. The molecule has 0 spiro atoms. The topological polar surface area (TPSA) is 40.7 Å². The first kappa shape index (κ1) is 11.0. The molecule has 0 saturated heterocycles. The van der Waals surface area contributed by atoms with Crippen LogP contribution in [0.4, 0.5) is 13.2 Å². The van der Waals surface area contributed by atoms with Gasteiger partial charge in [0.25, 0.3) is 0 Å². The molecule has 3 nitrogen and oxygen atoms in total. The van der Waals surface area contributed by atoms with Gasteiger partial charge in [-0.3, -0.25) is 5.10 Å². The van der Waals surface area contributed by atoms with E-state index in [4.69, 9.17) is 0 Å². The van der Waals surface area contributed by atoms with Crippen LogP contribution in [0.3, 0.4) is 0 Å². The summed E-state index contributed by atoms with van der Waals surface area (Å²) in [6.45, 7) is 1.96. The molecule has 2 N–H and O–H groups in total. The van der Waals surface area contributed by atoms with Crippen LogP contribution >= 0.6 is 0 Å². The molecule has 6 heteroatoms. The Morgan fingerprint density at radius 3 is 2.50 bits per heavy atom. The molecule has 80 valence electrons. The maximum Gasteiger partial charge on any atom is 0.435 e. The van der Waals surface area contributed by atoms with Crippen LogP contribution in [0.1, 0.15) is 23.9 Å². The number of hydrogen-bond acceptors (Lipinski definition) is 2. The Morgan fingerprint density at radius 1 is 1.43 bits per heavy atom. The third kappa shape index (κ3) is 2.06. The average Bonchev–Trinajstić information content (AvgIpc) is 2.47. The molecule has 0 aromatic carbocycles. The number of H-pyrrole nitrogens is 1. The summed E-state index contributed by atoms with van der Waals surface area (Å²) in [5.41, 5.74) is -0.0714. The molecule has 0 aliphatic rings. The molecule has 1 heterocycles. The summed E-state index contributed by atoms with van der Waals surface area (Å²) in [6, 6.07) is 0. The van der Waals surface area contributed by atoms with Gasteiger partial charge in [0.2, 0.25) is 0 Å². The maximum absolute atomic E-state index is 12.4. The SMILES string of the molecule is CCc1[nH]nc(C(F)(F)F)c1CNC. The summed E-state index contributed by atoms with van der Waals surface area (Å²) < 4.78 is 37.2. The fraction of sp³-hybridized carbons (Fsp3) is 0.625. The monoisotopic (exact) mass is 207 g/mol. The van der Waals surface area contributed by atoms with Gasteiger partial charge in [-0.05, 0) is 13.5 Å². The van der Waals surface area contributed by atoms with E-state index in [9.17, 15) is 13.2 Å². The molecule has 1 aromatic heterocycles. The van der Waals surface area contributed by atoms with E-state index < -0.39 is 11.9 Å². The Morgan fingerprint density at radius 2 is 2.07 bits per heavy atom. The van der Waals surface area contributed by atoms with Gasteiger partial charge in [0, 0.05) is 17.8 Å². The van der Waals surface area contributed by atoms with Crippen molar-refractivity contribution in [2.24, 2.45) is 0 Å². The van der Waals surface area contributed by atoms with Crippen LogP contribution in [0.5, 0.6) is 0 Å². The second kappa shape index (κ2) is 4.00. The smallest absolute Gasteiger partial charge is 0.316 e. The van der Waals surface area contributed by atoms with Crippen LogP contribution in [0.2, 0.25) is 0 Å². The molecule has 0 bridgehead atoms. The Hall–Kier alpha value is -1.04. The predicted octanol–water partition coefficient (Wildman–Crippen LogP) is 1.71. The molecule has 0 aliphatic heterocycles. The highest BCUT2D eigenvalue weighted by atomic mass is 19.4. The number of alkyl halides is 3. The zero-order valence-electron chi connectivity index (χ0n) is 8.00. The lowest BCUT2D eigenvalue weighted by Crippen LogP contribution is -2.14. The number of nitrogens with zero attached hydrogens (tertiary/aromatic N) is 1. The molecule has 0 radical (unpaired) electrons. The Labute approximate surface area is 79.7 Å². The molecule has 0 aliphatic carbocycles. The molecule has 0 fully saturated rings. The predicted molar refractivity (Wildman–Crippen MR) is 45.7 cm³/mol. The zero-order valence-corrected chi connectivity index (χ0v) is 8.00. The van der Waals surface area contributed by atoms with E-state index in [1.54, 1.807) is 14.0 Å². The molecule has 14 heavy (non-hydrogen) atoms. The summed E-state index contributed by atoms with van der Waals surface area (Å²) in [5.74, 6) is 0. The fourth-order valence-corrected chi connectivity index (χ4v) is 1.30. The van der Waals surface area contributed by atoms with Crippen molar-refractivity contribution < 1.29 is 13.2 Å². The molecular weight excluding hydrogens is 195 g/mol. The van der Waals surface area contributed by atoms with Crippen LogP contribution in [0, 0.1) is 0 Å². The van der Waals surface area contributed by atoms with Gasteiger partial charge in [0.1, 0.15) is 0 Å². The van der Waals surface area contributed by atoms with Crippen LogP contribution < -0.4 is 5.32 Å². The third-order valence-electron chi connectivity index (χ3n) is 1.93. The van der Waals surface area contributed by atoms with Crippen molar-refractivity contribution in [2.75, 3.05) is 7.05 Å². The second-order valence-corrected chi connectivity index (χ2v) is 2.91. The highest BCUT2D eigenvalue weighted by Crippen LogP contribution is 2.31. The van der Waals surface area contributed by atoms with Crippen molar-refractivity contribution in [3.63, 3.8) is 0 Å². The second-order valence-electron chi connectivity index (χ2n) is 2.91. The highest BCUT2D eigenvalue weighted by molar-refractivity contribution is 5.27. The molecular formula is C8H12F3N3. The van der Waals surface area contributed by atoms with E-state index in [0.29, 0.717) is 12.1 Å². The van der Waals surface area contributed by atoms with Gasteiger partial charge < -0.3 is 5.32 Å². The van der Waals surface area contributed by atoms with Crippen LogP contribution in [0.25, 0.3) is 0 Å². The van der Waals surface area contributed by atoms with E-state index >= 15 is 0 Å². The van der Waals surface area contributed by atoms with Gasteiger partial charge in [-0.1, -0.05) is 6.92 Å². The standard InChI is InChI=1S/C8H12F3N3/c1-3-6-5(4-12-2)7(14-13-6)8(9,10)11/h12H,3-4H2,1-2H3,(H,13,14). The van der Waals surface area contributed by atoms with Crippen LogP contribution in [-0.2, 0) is 19.1 Å². The van der Waals surface area contributed by atoms with E-state index in [-0.39, 0.29) is 12.1 Å². The molecule has 1 aromatic rings. The molecule has 0 amide bonds. The molecule has 0 saturated carbocycles. The van der Waals surface area contributed by atoms with E-state index in [2.05, 4.69) is 15.5 Å². The number of nitrogens with one attached hydrogen (secondary N) is 2. The van der Waals surface area contributed by atoms with Gasteiger partial charge >= 0.3 is 6.18 Å². The largest absolute Gasteiger partial charge is 0.435 e. The number of aromatic amines is 1. The summed E-state index contributed by atoms with van der Waals surface area (Å²) in [6.07, 6.45) is -3.86. The maximum atomic E-state index is 12.4. The highest BCUT2D eigenvalue weighted by Gasteiger charge is 2.37. The summed E-state index contributed by atoms with van der Waals surface area (Å²) in [7, 11) is 1.60. The lowest BCUT2D eigenvalue weighted by molar-refractivity contribution is -0.141. The minimum absolute atomic E-state index is 0.175. The first-order chi connectivity index (χ1) is 6.50. The fourth-order valence-electron chi connectivity index (χ4n) is 1.30. The zero-order chi connectivity index (χ0) is 10.8. The van der Waals surface area contributed by atoms with Gasteiger partial charge in [-0.2, -0.15) is 18.3 Å². The first-order valence-corrected chi connectivity index (χ1v) is 4.28. The Balaban J connectivity index is 3.10. The molecule has 0 atom stereocenters. The number of hydrogen-bond donors (Lipinski definition) is 2. The summed E-state index contributed by atoms with van der Waals surface area (Å²) in [5, 5.41) is 8.39. The summed E-state index contributed by atoms with van der Waals surface area (Å²) >= 11 is 0. The van der Waals surface area contributed by atoms with Crippen molar-refractivity contribution in [3.8, 4) is 0 Å². The van der Waals surface area contributed by atoms with Gasteiger partial charge in [0.05, 0.1) is 0 Å². The van der Waals surface area contributed by atoms with Gasteiger partial charge in [0.15, 0.2) is 5.69 Å². The van der Waals surface area contributed by atoms with Crippen molar-refractivity contribution >= 4 is 0 Å². The number of aromatic nitrogens is 2. The molecule has 1 rings (SSSR count). The van der Waals surface area contributed by atoms with E-state index in [1.165, 1.54) is 0 Å². The summed E-state index contributed by atoms with van der Waals surface area (Å²) in [4.78, 5) is 0. The Bertz CT molecular complexity index is 303. The van der Waals surface area contributed by atoms with Gasteiger partial charge in [-0.25, -0.2) is 0 Å². The first-order valence-electron chi connectivity index (χ1n) is 4.28. The average molecular weight is 207 g/mol. The Kier molecular flexibility index (Phi) is 3.15. The van der Waals surface area contributed by atoms with Crippen molar-refractivity contribution in [1.29, 1.82) is 0 Å². The van der Waals surface area contributed by atoms with Gasteiger partial charge in [-0.15, -0.1) is 0 Å². The number of rotatable bonds is 3. The van der Waals surface area contributed by atoms with E-state index in [0.717, 1.165) is 0 Å². The quantitative estimate of drug-likeness (QED) is 0.792. The minimum atomic E-state index is -4.38.